The Kier molecular flexibility index (Phi) is 13.0. The Morgan fingerprint density at radius 2 is 1.81 bits per heavy atom. The van der Waals surface area contributed by atoms with Crippen molar-refractivity contribution < 1.29 is 13.9 Å². The summed E-state index contributed by atoms with van der Waals surface area (Å²) in [5.74, 6) is 0.916. The van der Waals surface area contributed by atoms with Crippen LogP contribution < -0.4 is 10.6 Å². The lowest BCUT2D eigenvalue weighted by atomic mass is 9.98. The molecule has 1 unspecified atom stereocenters. The Morgan fingerprint density at radius 1 is 1.19 bits per heavy atom. The maximum atomic E-state index is 13.2. The first-order valence-corrected chi connectivity index (χ1v) is 11.1. The fraction of sp³-hybridized carbons (Fsp3) is 0.652. The van der Waals surface area contributed by atoms with E-state index in [9.17, 15) is 9.18 Å². The molecule has 31 heavy (non-hydrogen) atoms. The van der Waals surface area contributed by atoms with Gasteiger partial charge in [-0.05, 0) is 50.3 Å². The second kappa shape index (κ2) is 14.6. The largest absolute Gasteiger partial charge is 0.375 e. The minimum Gasteiger partial charge on any atom is -0.375 e. The van der Waals surface area contributed by atoms with Gasteiger partial charge in [-0.2, -0.15) is 0 Å². The van der Waals surface area contributed by atoms with Gasteiger partial charge in [0.05, 0.1) is 6.54 Å². The van der Waals surface area contributed by atoms with Crippen molar-refractivity contribution in [3.05, 3.63) is 35.6 Å². The predicted molar refractivity (Wildman–Crippen MR) is 134 cm³/mol. The number of hydrogen-bond donors (Lipinski definition) is 2. The van der Waals surface area contributed by atoms with E-state index < -0.39 is 0 Å². The number of carbonyl (C=O) groups excluding carboxylic acids is 1. The van der Waals surface area contributed by atoms with E-state index in [1.54, 1.807) is 19.2 Å². The van der Waals surface area contributed by atoms with Crippen molar-refractivity contribution >= 4 is 35.8 Å². The lowest BCUT2D eigenvalue weighted by Crippen LogP contribution is -2.50. The Balaban J connectivity index is 0.00000480. The van der Waals surface area contributed by atoms with Crippen molar-refractivity contribution in [2.45, 2.75) is 58.6 Å². The number of likely N-dealkylation sites (tertiary alicyclic amines) is 1. The summed E-state index contributed by atoms with van der Waals surface area (Å²) in [6, 6.07) is 6.61. The molecule has 2 N–H and O–H groups in total. The number of methoxy groups -OCH3 is 1. The van der Waals surface area contributed by atoms with E-state index in [4.69, 9.17) is 4.74 Å². The van der Waals surface area contributed by atoms with E-state index in [0.29, 0.717) is 12.5 Å². The summed E-state index contributed by atoms with van der Waals surface area (Å²) in [4.78, 5) is 19.3. The topological polar surface area (TPSA) is 66.0 Å². The number of aliphatic imine (C=N–C) groups is 1. The fourth-order valence-corrected chi connectivity index (χ4v) is 3.82. The zero-order chi connectivity index (χ0) is 21.9. The number of nitrogens with zero attached hydrogens (tertiary/aromatic N) is 2. The number of benzene rings is 1. The first-order valence-electron chi connectivity index (χ1n) is 11.1. The minimum absolute atomic E-state index is 0. The van der Waals surface area contributed by atoms with E-state index in [2.05, 4.69) is 29.5 Å². The molecule has 2 rings (SSSR count). The lowest BCUT2D eigenvalue weighted by molar-refractivity contribution is -0.136. The van der Waals surface area contributed by atoms with Crippen molar-refractivity contribution in [2.75, 3.05) is 33.3 Å². The summed E-state index contributed by atoms with van der Waals surface area (Å²) < 4.78 is 18.7. The van der Waals surface area contributed by atoms with Crippen LogP contribution in [0.4, 0.5) is 4.39 Å². The van der Waals surface area contributed by atoms with Gasteiger partial charge in [-0.1, -0.05) is 26.0 Å². The molecular weight excluding hydrogens is 510 g/mol. The maximum absolute atomic E-state index is 13.2. The predicted octanol–water partition coefficient (Wildman–Crippen LogP) is 4.11. The van der Waals surface area contributed by atoms with Crippen molar-refractivity contribution in [3.8, 4) is 0 Å². The molecular formula is C23H38FIN4O2. The van der Waals surface area contributed by atoms with Crippen LogP contribution in [-0.4, -0.2) is 56.1 Å². The van der Waals surface area contributed by atoms with Gasteiger partial charge in [-0.3, -0.25) is 9.79 Å². The molecule has 0 aliphatic carbocycles. The molecule has 1 aromatic carbocycles. The zero-order valence-electron chi connectivity index (χ0n) is 19.2. The van der Waals surface area contributed by atoms with Crippen LogP contribution in [0.15, 0.2) is 29.3 Å². The Bertz CT molecular complexity index is 675. The highest BCUT2D eigenvalue weighted by atomic mass is 127. The first kappa shape index (κ1) is 27.6. The van der Waals surface area contributed by atoms with Crippen LogP contribution in [0.25, 0.3) is 0 Å². The average molecular weight is 548 g/mol. The van der Waals surface area contributed by atoms with E-state index in [1.807, 2.05) is 11.8 Å². The number of guanidine groups is 1. The van der Waals surface area contributed by atoms with Crippen LogP contribution in [0.3, 0.4) is 0 Å². The first-order chi connectivity index (χ1) is 14.5. The third-order valence-electron chi connectivity index (χ3n) is 5.77. The molecule has 1 atom stereocenters. The van der Waals surface area contributed by atoms with E-state index in [0.717, 1.165) is 56.8 Å². The minimum atomic E-state index is -0.263. The highest BCUT2D eigenvalue weighted by Gasteiger charge is 2.26. The normalized spacial score (nSPS) is 16.1. The highest BCUT2D eigenvalue weighted by Crippen LogP contribution is 2.19. The third-order valence-corrected chi connectivity index (χ3v) is 5.77. The van der Waals surface area contributed by atoms with Gasteiger partial charge in [0.1, 0.15) is 11.9 Å². The summed E-state index contributed by atoms with van der Waals surface area (Å²) in [7, 11) is 1.64. The van der Waals surface area contributed by atoms with Crippen molar-refractivity contribution in [2.24, 2.45) is 10.9 Å². The second-order valence-corrected chi connectivity index (χ2v) is 7.75. The van der Waals surface area contributed by atoms with Crippen LogP contribution in [0.1, 0.15) is 58.1 Å². The van der Waals surface area contributed by atoms with Crippen molar-refractivity contribution in [1.82, 2.24) is 15.5 Å². The standard InChI is InChI=1S/C23H37FN4O2.HI/c1-5-17(6-2)22(29)28-14-12-20(13-15-28)27-23(25-7-3)26-16-21(30-4)18-8-10-19(24)11-9-18;/h8-11,17,20-21H,5-7,12-16H2,1-4H3,(H2,25,26,27);1H. The van der Waals surface area contributed by atoms with Crippen molar-refractivity contribution in [1.29, 1.82) is 0 Å². The van der Waals surface area contributed by atoms with E-state index >= 15 is 0 Å². The van der Waals surface area contributed by atoms with Crippen molar-refractivity contribution in [3.63, 3.8) is 0 Å². The molecule has 1 aliphatic rings. The van der Waals surface area contributed by atoms with Gasteiger partial charge in [0.15, 0.2) is 5.96 Å². The van der Waals surface area contributed by atoms with E-state index in [1.165, 1.54) is 12.1 Å². The van der Waals surface area contributed by atoms with Gasteiger partial charge in [0.2, 0.25) is 5.91 Å². The SMILES string of the molecule is CCNC(=NCC(OC)c1ccc(F)cc1)NC1CCN(C(=O)C(CC)CC)CC1.I. The van der Waals surface area contributed by atoms with Crippen LogP contribution >= 0.6 is 24.0 Å². The van der Waals surface area contributed by atoms with Gasteiger partial charge < -0.3 is 20.3 Å². The number of halogens is 2. The second-order valence-electron chi connectivity index (χ2n) is 7.75. The Morgan fingerprint density at radius 3 is 2.32 bits per heavy atom. The number of rotatable bonds is 9. The molecule has 1 saturated heterocycles. The summed E-state index contributed by atoms with van der Waals surface area (Å²) in [6.07, 6.45) is 3.38. The summed E-state index contributed by atoms with van der Waals surface area (Å²) in [5.41, 5.74) is 0.895. The smallest absolute Gasteiger partial charge is 0.225 e. The monoisotopic (exact) mass is 548 g/mol. The number of nitrogens with one attached hydrogen (secondary N) is 2. The molecule has 0 saturated carbocycles. The van der Waals surface area contributed by atoms with Crippen LogP contribution in [0.5, 0.6) is 0 Å². The van der Waals surface area contributed by atoms with Crippen LogP contribution in [-0.2, 0) is 9.53 Å². The van der Waals surface area contributed by atoms with Crippen LogP contribution in [0, 0.1) is 11.7 Å². The van der Waals surface area contributed by atoms with E-state index in [-0.39, 0.29) is 47.9 Å². The molecule has 1 aliphatic heterocycles. The molecule has 0 spiro atoms. The fourth-order valence-electron chi connectivity index (χ4n) is 3.82. The molecule has 8 heteroatoms. The number of piperidine rings is 1. The van der Waals surface area contributed by atoms with Gasteiger partial charge in [-0.15, -0.1) is 24.0 Å². The molecule has 1 heterocycles. The number of hydrogen-bond acceptors (Lipinski definition) is 3. The Labute approximate surface area is 203 Å². The molecule has 0 bridgehead atoms. The van der Waals surface area contributed by atoms with Gasteiger partial charge in [0.25, 0.3) is 0 Å². The van der Waals surface area contributed by atoms with Gasteiger partial charge >= 0.3 is 0 Å². The lowest BCUT2D eigenvalue weighted by Gasteiger charge is -2.35. The Hall–Kier alpha value is -1.42. The zero-order valence-corrected chi connectivity index (χ0v) is 21.5. The summed E-state index contributed by atoms with van der Waals surface area (Å²) in [5, 5.41) is 6.78. The van der Waals surface area contributed by atoms with Crippen LogP contribution in [0.2, 0.25) is 0 Å². The molecule has 176 valence electrons. The van der Waals surface area contributed by atoms with Gasteiger partial charge in [0, 0.05) is 38.7 Å². The molecule has 1 aromatic rings. The molecule has 1 amide bonds. The maximum Gasteiger partial charge on any atom is 0.225 e. The number of ether oxygens (including phenoxy) is 1. The number of carbonyl (C=O) groups is 1. The number of amides is 1. The molecule has 0 radical (unpaired) electrons. The third kappa shape index (κ3) is 8.56. The summed E-state index contributed by atoms with van der Waals surface area (Å²) >= 11 is 0. The average Bonchev–Trinajstić information content (AvgIpc) is 2.76. The quantitative estimate of drug-likeness (QED) is 0.277. The molecule has 6 nitrogen and oxygen atoms in total. The molecule has 1 fully saturated rings. The summed E-state index contributed by atoms with van der Waals surface area (Å²) in [6.45, 7) is 8.94. The highest BCUT2D eigenvalue weighted by molar-refractivity contribution is 14.0. The molecule has 0 aromatic heterocycles. The van der Waals surface area contributed by atoms with Gasteiger partial charge in [-0.25, -0.2) is 4.39 Å².